The molecule has 2 heteroatoms. The number of carbonyl (C=O) groups is 1. The highest BCUT2D eigenvalue weighted by molar-refractivity contribution is 5.90. The normalized spacial score (nSPS) is 47.7. The molecule has 0 amide bonds. The van der Waals surface area contributed by atoms with Gasteiger partial charge in [-0.05, 0) is 24.7 Å². The molecule has 0 heterocycles. The molecule has 0 spiro atoms. The fourth-order valence-corrected chi connectivity index (χ4v) is 2.90. The Hall–Kier alpha value is -0.370. The van der Waals surface area contributed by atoms with Crippen molar-refractivity contribution in [1.29, 1.82) is 0 Å². The van der Waals surface area contributed by atoms with E-state index in [1.54, 1.807) is 0 Å². The molecular weight excluding hydrogens is 152 g/mol. The van der Waals surface area contributed by atoms with E-state index in [9.17, 15) is 9.90 Å². The Balaban J connectivity index is 2.27. The summed E-state index contributed by atoms with van der Waals surface area (Å²) in [6.07, 6.45) is 4.56. The first-order valence-electron chi connectivity index (χ1n) is 4.90. The van der Waals surface area contributed by atoms with E-state index in [4.69, 9.17) is 0 Å². The number of rotatable bonds is 0. The van der Waals surface area contributed by atoms with E-state index in [-0.39, 0.29) is 11.7 Å². The highest BCUT2D eigenvalue weighted by atomic mass is 16.3. The van der Waals surface area contributed by atoms with Gasteiger partial charge >= 0.3 is 0 Å². The van der Waals surface area contributed by atoms with Gasteiger partial charge in [0.25, 0.3) is 0 Å². The Kier molecular flexibility index (Phi) is 1.76. The number of carbonyl (C=O) groups excluding carboxylic acids is 1. The highest BCUT2D eigenvalue weighted by Crippen LogP contribution is 2.46. The third-order valence-electron chi connectivity index (χ3n) is 3.61. The topological polar surface area (TPSA) is 37.3 Å². The van der Waals surface area contributed by atoms with Crippen molar-refractivity contribution in [1.82, 2.24) is 0 Å². The van der Waals surface area contributed by atoms with Gasteiger partial charge in [-0.15, -0.1) is 0 Å². The minimum Gasteiger partial charge on any atom is -0.382 e. The van der Waals surface area contributed by atoms with Crippen LogP contribution in [-0.2, 0) is 4.79 Å². The summed E-state index contributed by atoms with van der Waals surface area (Å²) in [5.74, 6) is 0.765. The summed E-state index contributed by atoms with van der Waals surface area (Å²) in [6, 6.07) is 0. The van der Waals surface area contributed by atoms with Crippen LogP contribution in [0.5, 0.6) is 0 Å². The molecule has 2 saturated carbocycles. The Morgan fingerprint density at radius 2 is 2.25 bits per heavy atom. The van der Waals surface area contributed by atoms with Crippen LogP contribution in [0.1, 0.15) is 39.0 Å². The summed E-state index contributed by atoms with van der Waals surface area (Å²) >= 11 is 0. The minimum absolute atomic E-state index is 0.0969. The van der Waals surface area contributed by atoms with Gasteiger partial charge in [0, 0.05) is 6.42 Å². The molecule has 1 N–H and O–H groups in total. The molecule has 2 fully saturated rings. The molecule has 0 aliphatic heterocycles. The maximum absolute atomic E-state index is 11.5. The molecule has 0 unspecified atom stereocenters. The lowest BCUT2D eigenvalue weighted by Crippen LogP contribution is -2.43. The van der Waals surface area contributed by atoms with Crippen LogP contribution >= 0.6 is 0 Å². The van der Waals surface area contributed by atoms with Gasteiger partial charge in [0.15, 0.2) is 5.78 Å². The van der Waals surface area contributed by atoms with Crippen molar-refractivity contribution >= 4 is 5.78 Å². The SMILES string of the molecule is C[C@H]1CC(=O)[C@@]2(O)CCCC[C@@H]12. The summed E-state index contributed by atoms with van der Waals surface area (Å²) in [5, 5.41) is 10.1. The highest BCUT2D eigenvalue weighted by Gasteiger charge is 2.52. The van der Waals surface area contributed by atoms with Gasteiger partial charge in [-0.1, -0.05) is 19.8 Å². The second kappa shape index (κ2) is 2.56. The van der Waals surface area contributed by atoms with E-state index in [0.29, 0.717) is 18.8 Å². The van der Waals surface area contributed by atoms with Crippen LogP contribution in [0.25, 0.3) is 0 Å². The van der Waals surface area contributed by atoms with E-state index in [0.717, 1.165) is 12.8 Å². The maximum Gasteiger partial charge on any atom is 0.164 e. The molecule has 2 rings (SSSR count). The average Bonchev–Trinajstić information content (AvgIpc) is 2.25. The van der Waals surface area contributed by atoms with E-state index in [1.807, 2.05) is 0 Å². The number of ketones is 1. The fourth-order valence-electron chi connectivity index (χ4n) is 2.90. The molecule has 2 aliphatic rings. The molecule has 0 aromatic carbocycles. The van der Waals surface area contributed by atoms with Crippen molar-refractivity contribution in [3.8, 4) is 0 Å². The lowest BCUT2D eigenvalue weighted by molar-refractivity contribution is -0.139. The van der Waals surface area contributed by atoms with Crippen LogP contribution in [-0.4, -0.2) is 16.5 Å². The molecule has 12 heavy (non-hydrogen) atoms. The fraction of sp³-hybridized carbons (Fsp3) is 0.900. The summed E-state index contributed by atoms with van der Waals surface area (Å²) in [7, 11) is 0. The summed E-state index contributed by atoms with van der Waals surface area (Å²) in [5.41, 5.74) is -0.919. The van der Waals surface area contributed by atoms with E-state index >= 15 is 0 Å². The zero-order chi connectivity index (χ0) is 8.77. The van der Waals surface area contributed by atoms with Gasteiger partial charge in [-0.3, -0.25) is 4.79 Å². The monoisotopic (exact) mass is 168 g/mol. The predicted octanol–water partition coefficient (Wildman–Crippen LogP) is 1.52. The Morgan fingerprint density at radius 3 is 2.92 bits per heavy atom. The van der Waals surface area contributed by atoms with Crippen LogP contribution in [0, 0.1) is 11.8 Å². The second-order valence-corrected chi connectivity index (χ2v) is 4.38. The third-order valence-corrected chi connectivity index (χ3v) is 3.61. The number of fused-ring (bicyclic) bond motifs is 1. The first-order chi connectivity index (χ1) is 5.64. The van der Waals surface area contributed by atoms with Crippen molar-refractivity contribution < 1.29 is 9.90 Å². The molecule has 0 bridgehead atoms. The molecule has 3 atom stereocenters. The minimum atomic E-state index is -0.919. The first-order valence-corrected chi connectivity index (χ1v) is 4.90. The molecule has 0 saturated heterocycles. The third kappa shape index (κ3) is 0.939. The molecule has 2 aliphatic carbocycles. The lowest BCUT2D eigenvalue weighted by atomic mass is 9.75. The van der Waals surface area contributed by atoms with E-state index in [1.165, 1.54) is 6.42 Å². The van der Waals surface area contributed by atoms with Crippen molar-refractivity contribution in [3.63, 3.8) is 0 Å². The van der Waals surface area contributed by atoms with Crippen molar-refractivity contribution in [2.45, 2.75) is 44.6 Å². The Labute approximate surface area is 73.0 Å². The van der Waals surface area contributed by atoms with Gasteiger partial charge in [-0.25, -0.2) is 0 Å². The summed E-state index contributed by atoms with van der Waals surface area (Å²) < 4.78 is 0. The molecule has 0 aromatic heterocycles. The summed E-state index contributed by atoms with van der Waals surface area (Å²) in [4.78, 5) is 11.5. The quantitative estimate of drug-likeness (QED) is 0.595. The average molecular weight is 168 g/mol. The van der Waals surface area contributed by atoms with Crippen LogP contribution < -0.4 is 0 Å². The van der Waals surface area contributed by atoms with E-state index < -0.39 is 5.60 Å². The van der Waals surface area contributed by atoms with Crippen LogP contribution in [0.15, 0.2) is 0 Å². The van der Waals surface area contributed by atoms with Gasteiger partial charge in [0.1, 0.15) is 5.60 Å². The molecule has 2 nitrogen and oxygen atoms in total. The van der Waals surface area contributed by atoms with Gasteiger partial charge < -0.3 is 5.11 Å². The van der Waals surface area contributed by atoms with E-state index in [2.05, 4.69) is 6.92 Å². The maximum atomic E-state index is 11.5. The molecule has 68 valence electrons. The van der Waals surface area contributed by atoms with Gasteiger partial charge in [-0.2, -0.15) is 0 Å². The zero-order valence-electron chi connectivity index (χ0n) is 7.55. The summed E-state index contributed by atoms with van der Waals surface area (Å²) in [6.45, 7) is 2.09. The number of hydrogen-bond donors (Lipinski definition) is 1. The first kappa shape index (κ1) is 8.24. The molecule has 0 aromatic rings. The van der Waals surface area contributed by atoms with Crippen LogP contribution in [0.2, 0.25) is 0 Å². The van der Waals surface area contributed by atoms with Gasteiger partial charge in [0.05, 0.1) is 0 Å². The molecular formula is C10H16O2. The Bertz CT molecular complexity index is 212. The largest absolute Gasteiger partial charge is 0.382 e. The standard InChI is InChI=1S/C10H16O2/c1-7-6-9(11)10(12)5-3-2-4-8(7)10/h7-8,12H,2-6H2,1H3/t7-,8-,10+/m0/s1. The van der Waals surface area contributed by atoms with Crippen molar-refractivity contribution in [2.24, 2.45) is 11.8 Å². The van der Waals surface area contributed by atoms with Crippen LogP contribution in [0.4, 0.5) is 0 Å². The van der Waals surface area contributed by atoms with Gasteiger partial charge in [0.2, 0.25) is 0 Å². The number of aliphatic hydroxyl groups is 1. The lowest BCUT2D eigenvalue weighted by Gasteiger charge is -2.34. The Morgan fingerprint density at radius 1 is 1.50 bits per heavy atom. The zero-order valence-corrected chi connectivity index (χ0v) is 7.55. The number of hydrogen-bond acceptors (Lipinski definition) is 2. The van der Waals surface area contributed by atoms with Crippen molar-refractivity contribution in [3.05, 3.63) is 0 Å². The predicted molar refractivity (Wildman–Crippen MR) is 45.7 cm³/mol. The number of Topliss-reactive ketones (excluding diaryl/α,β-unsaturated/α-hetero) is 1. The van der Waals surface area contributed by atoms with Crippen LogP contribution in [0.3, 0.4) is 0 Å². The smallest absolute Gasteiger partial charge is 0.164 e. The second-order valence-electron chi connectivity index (χ2n) is 4.38. The molecule has 0 radical (unpaired) electrons. The van der Waals surface area contributed by atoms with Crippen molar-refractivity contribution in [2.75, 3.05) is 0 Å².